The Kier molecular flexibility index (Phi) is 6.57. The van der Waals surface area contributed by atoms with Crippen LogP contribution in [0.25, 0.3) is 0 Å². The second-order valence-electron chi connectivity index (χ2n) is 5.07. The predicted molar refractivity (Wildman–Crippen MR) is 85.3 cm³/mol. The largest absolute Gasteiger partial charge is 0.463 e. The number of ether oxygens (including phenoxy) is 2. The van der Waals surface area contributed by atoms with Gasteiger partial charge in [0.1, 0.15) is 0 Å². The minimum Gasteiger partial charge on any atom is -0.463 e. The molecule has 0 saturated heterocycles. The van der Waals surface area contributed by atoms with E-state index in [-0.39, 0.29) is 23.9 Å². The van der Waals surface area contributed by atoms with Crippen molar-refractivity contribution < 1.29 is 19.1 Å². The van der Waals surface area contributed by atoms with Crippen molar-refractivity contribution in [2.75, 3.05) is 6.61 Å². The summed E-state index contributed by atoms with van der Waals surface area (Å²) in [5.41, 5.74) is 1.07. The lowest BCUT2D eigenvalue weighted by molar-refractivity contribution is -0.142. The average molecular weight is 302 g/mol. The fraction of sp³-hybridized carbons (Fsp3) is 0.333. The van der Waals surface area contributed by atoms with Crippen LogP contribution in [0.1, 0.15) is 32.3 Å². The van der Waals surface area contributed by atoms with Crippen molar-refractivity contribution >= 4 is 11.9 Å². The maximum absolute atomic E-state index is 12.1. The van der Waals surface area contributed by atoms with Gasteiger partial charge in [-0.2, -0.15) is 0 Å². The predicted octanol–water partition coefficient (Wildman–Crippen LogP) is 3.40. The molecule has 0 bridgehead atoms. The van der Waals surface area contributed by atoms with E-state index in [9.17, 15) is 9.59 Å². The molecule has 1 aromatic rings. The molecular weight excluding hydrogens is 280 g/mol. The van der Waals surface area contributed by atoms with E-state index in [2.05, 4.69) is 13.2 Å². The number of rotatable bonds is 7. The summed E-state index contributed by atoms with van der Waals surface area (Å²) >= 11 is 0. The normalized spacial score (nSPS) is 11.6. The van der Waals surface area contributed by atoms with Crippen LogP contribution in [-0.4, -0.2) is 24.6 Å². The molecule has 4 nitrogen and oxygen atoms in total. The molecule has 118 valence electrons. The van der Waals surface area contributed by atoms with Gasteiger partial charge in [0.2, 0.25) is 0 Å². The molecule has 0 amide bonds. The molecule has 0 radical (unpaired) electrons. The van der Waals surface area contributed by atoms with Gasteiger partial charge in [0.15, 0.2) is 0 Å². The van der Waals surface area contributed by atoms with Crippen LogP contribution >= 0.6 is 0 Å². The summed E-state index contributed by atoms with van der Waals surface area (Å²) in [4.78, 5) is 24.1. The number of esters is 2. The zero-order valence-corrected chi connectivity index (χ0v) is 13.3. The Balaban J connectivity index is 3.12. The van der Waals surface area contributed by atoms with Crippen molar-refractivity contribution in [3.05, 3.63) is 60.2 Å². The van der Waals surface area contributed by atoms with Crippen molar-refractivity contribution in [2.24, 2.45) is 0 Å². The molecule has 0 saturated carbocycles. The van der Waals surface area contributed by atoms with Crippen LogP contribution < -0.4 is 0 Å². The van der Waals surface area contributed by atoms with E-state index in [1.807, 2.05) is 30.3 Å². The Morgan fingerprint density at radius 1 is 1.05 bits per heavy atom. The smallest absolute Gasteiger partial charge is 0.334 e. The lowest BCUT2D eigenvalue weighted by Gasteiger charge is -2.21. The molecule has 4 heteroatoms. The van der Waals surface area contributed by atoms with E-state index in [4.69, 9.17) is 9.47 Å². The lowest BCUT2D eigenvalue weighted by atomic mass is 9.86. The summed E-state index contributed by atoms with van der Waals surface area (Å²) in [6.07, 6.45) is -0.267. The number of hydrogen-bond acceptors (Lipinski definition) is 4. The van der Waals surface area contributed by atoms with Gasteiger partial charge < -0.3 is 9.47 Å². The summed E-state index contributed by atoms with van der Waals surface area (Å²) < 4.78 is 10.2. The van der Waals surface area contributed by atoms with E-state index < -0.39 is 17.9 Å². The standard InChI is InChI=1S/C18H22O4/c1-6-21-17(19)13(4)16(15-10-8-7-9-11-15)14(5)18(20)22-12(2)3/h7-12,16H,4-6H2,1-3H3/t16-/m1/s1. The molecule has 0 heterocycles. The third kappa shape index (κ3) is 4.58. The van der Waals surface area contributed by atoms with Crippen LogP contribution in [0.2, 0.25) is 0 Å². The second kappa shape index (κ2) is 8.17. The molecule has 1 aromatic carbocycles. The van der Waals surface area contributed by atoms with Crippen molar-refractivity contribution in [1.29, 1.82) is 0 Å². The topological polar surface area (TPSA) is 52.6 Å². The summed E-state index contributed by atoms with van der Waals surface area (Å²) in [5.74, 6) is -1.75. The van der Waals surface area contributed by atoms with E-state index in [0.29, 0.717) is 0 Å². The van der Waals surface area contributed by atoms with Crippen molar-refractivity contribution in [3.63, 3.8) is 0 Å². The molecule has 1 atom stereocenters. The Labute approximate surface area is 131 Å². The van der Waals surface area contributed by atoms with Gasteiger partial charge in [0.05, 0.1) is 12.7 Å². The first-order valence-corrected chi connectivity index (χ1v) is 7.19. The first-order chi connectivity index (χ1) is 10.4. The summed E-state index contributed by atoms with van der Waals surface area (Å²) in [7, 11) is 0. The minimum absolute atomic E-state index is 0.165. The van der Waals surface area contributed by atoms with Gasteiger partial charge in [-0.25, -0.2) is 9.59 Å². The third-order valence-corrected chi connectivity index (χ3v) is 2.97. The van der Waals surface area contributed by atoms with Crippen molar-refractivity contribution in [2.45, 2.75) is 32.8 Å². The molecule has 1 rings (SSSR count). The fourth-order valence-corrected chi connectivity index (χ4v) is 2.01. The fourth-order valence-electron chi connectivity index (χ4n) is 2.01. The van der Waals surface area contributed by atoms with Gasteiger partial charge in [0, 0.05) is 17.1 Å². The van der Waals surface area contributed by atoms with Crippen LogP contribution in [0, 0.1) is 0 Å². The maximum Gasteiger partial charge on any atom is 0.334 e. The molecular formula is C18H22O4. The van der Waals surface area contributed by atoms with Crippen LogP contribution in [0.15, 0.2) is 54.6 Å². The van der Waals surface area contributed by atoms with Gasteiger partial charge in [-0.3, -0.25) is 0 Å². The summed E-state index contributed by atoms with van der Waals surface area (Å²) in [5, 5.41) is 0. The first kappa shape index (κ1) is 17.7. The molecule has 0 unspecified atom stereocenters. The van der Waals surface area contributed by atoms with Crippen LogP contribution in [0.4, 0.5) is 0 Å². The maximum atomic E-state index is 12.1. The Hall–Kier alpha value is -2.36. The molecule has 0 fully saturated rings. The summed E-state index contributed by atoms with van der Waals surface area (Å²) in [6.45, 7) is 13.1. The highest BCUT2D eigenvalue weighted by Gasteiger charge is 2.29. The first-order valence-electron chi connectivity index (χ1n) is 7.19. The minimum atomic E-state index is -0.661. The molecule has 0 aliphatic heterocycles. The van der Waals surface area contributed by atoms with Gasteiger partial charge in [-0.15, -0.1) is 0 Å². The SMILES string of the molecule is C=C(C(=O)OCC)[C@H](C(=C)C(=O)OC(C)C)c1ccccc1. The van der Waals surface area contributed by atoms with E-state index in [1.165, 1.54) is 0 Å². The van der Waals surface area contributed by atoms with Crippen molar-refractivity contribution in [1.82, 2.24) is 0 Å². The van der Waals surface area contributed by atoms with E-state index >= 15 is 0 Å². The average Bonchev–Trinajstić information content (AvgIpc) is 2.47. The molecule has 0 aliphatic carbocycles. The highest BCUT2D eigenvalue weighted by Crippen LogP contribution is 2.31. The van der Waals surface area contributed by atoms with Gasteiger partial charge in [-0.1, -0.05) is 43.5 Å². The highest BCUT2D eigenvalue weighted by molar-refractivity contribution is 5.97. The number of carbonyl (C=O) groups excluding carboxylic acids is 2. The van der Waals surface area contributed by atoms with E-state index in [1.54, 1.807) is 20.8 Å². The monoisotopic (exact) mass is 302 g/mol. The van der Waals surface area contributed by atoms with Gasteiger partial charge in [0.25, 0.3) is 0 Å². The Morgan fingerprint density at radius 3 is 2.09 bits per heavy atom. The molecule has 0 spiro atoms. The summed E-state index contributed by atoms with van der Waals surface area (Å²) in [6, 6.07) is 9.11. The molecule has 0 aliphatic rings. The Morgan fingerprint density at radius 2 is 1.59 bits per heavy atom. The molecule has 22 heavy (non-hydrogen) atoms. The van der Waals surface area contributed by atoms with Crippen LogP contribution in [-0.2, 0) is 19.1 Å². The Bertz CT molecular complexity index is 558. The molecule has 0 aromatic heterocycles. The molecule has 0 N–H and O–H groups in total. The third-order valence-electron chi connectivity index (χ3n) is 2.97. The van der Waals surface area contributed by atoms with Crippen LogP contribution in [0.5, 0.6) is 0 Å². The second-order valence-corrected chi connectivity index (χ2v) is 5.07. The van der Waals surface area contributed by atoms with Crippen LogP contribution in [0.3, 0.4) is 0 Å². The lowest BCUT2D eigenvalue weighted by Crippen LogP contribution is -2.22. The number of hydrogen-bond donors (Lipinski definition) is 0. The van der Waals surface area contributed by atoms with Gasteiger partial charge >= 0.3 is 11.9 Å². The van der Waals surface area contributed by atoms with Gasteiger partial charge in [-0.05, 0) is 26.3 Å². The van der Waals surface area contributed by atoms with E-state index in [0.717, 1.165) is 5.56 Å². The number of benzene rings is 1. The van der Waals surface area contributed by atoms with Crippen molar-refractivity contribution in [3.8, 4) is 0 Å². The zero-order valence-electron chi connectivity index (χ0n) is 13.3. The quantitative estimate of drug-likeness (QED) is 0.572. The zero-order chi connectivity index (χ0) is 16.7. The highest BCUT2D eigenvalue weighted by atomic mass is 16.5. The number of carbonyl (C=O) groups is 2.